The average molecular weight is 329 g/mol. The van der Waals surface area contributed by atoms with Crippen LogP contribution in [-0.2, 0) is 0 Å². The van der Waals surface area contributed by atoms with E-state index in [9.17, 15) is 0 Å². The van der Waals surface area contributed by atoms with Crippen LogP contribution in [0, 0.1) is 0 Å². The van der Waals surface area contributed by atoms with Gasteiger partial charge in [-0.25, -0.2) is 9.97 Å². The van der Waals surface area contributed by atoms with Gasteiger partial charge >= 0.3 is 0 Å². The molecule has 2 heterocycles. The molecule has 0 spiro atoms. The van der Waals surface area contributed by atoms with Crippen LogP contribution in [0.4, 0.5) is 5.82 Å². The molecule has 0 unspecified atom stereocenters. The largest absolute Gasteiger partial charge is 0.497 e. The first-order chi connectivity index (χ1) is 11.8. The van der Waals surface area contributed by atoms with Crippen LogP contribution in [0.5, 0.6) is 5.75 Å². The van der Waals surface area contributed by atoms with Gasteiger partial charge in [0, 0.05) is 44.2 Å². The zero-order valence-electron chi connectivity index (χ0n) is 14.7. The first-order valence-electron chi connectivity index (χ1n) is 8.77. The maximum Gasteiger partial charge on any atom is 0.137 e. The lowest BCUT2D eigenvalue weighted by Crippen LogP contribution is -2.46. The van der Waals surface area contributed by atoms with Crippen molar-refractivity contribution in [3.63, 3.8) is 0 Å². The van der Waals surface area contributed by atoms with Crippen molar-refractivity contribution in [2.75, 3.05) is 58.2 Å². The van der Waals surface area contributed by atoms with Crippen LogP contribution < -0.4 is 10.1 Å². The van der Waals surface area contributed by atoms with Gasteiger partial charge in [0.2, 0.25) is 0 Å². The van der Waals surface area contributed by atoms with Gasteiger partial charge in [-0.1, -0.05) is 6.92 Å². The monoisotopic (exact) mass is 329 g/mol. The normalized spacial score (nSPS) is 16.4. The molecule has 0 atom stereocenters. The van der Waals surface area contributed by atoms with E-state index in [-0.39, 0.29) is 0 Å². The predicted molar refractivity (Wildman–Crippen MR) is 97.8 cm³/mol. The summed E-state index contributed by atoms with van der Waals surface area (Å²) in [5.74, 6) is 1.72. The summed E-state index contributed by atoms with van der Waals surface area (Å²) in [6, 6.07) is 5.90. The molecular weight excluding hydrogens is 302 g/mol. The van der Waals surface area contributed by atoms with E-state index in [1.807, 2.05) is 18.2 Å². The Morgan fingerprint density at radius 1 is 1.12 bits per heavy atom. The maximum atomic E-state index is 5.25. The zero-order chi connectivity index (χ0) is 16.8. The molecule has 0 bridgehead atoms. The van der Waals surface area contributed by atoms with Gasteiger partial charge in [0.25, 0.3) is 0 Å². The molecular formula is C18H27N5O. The first-order valence-corrected chi connectivity index (χ1v) is 8.77. The van der Waals surface area contributed by atoms with Crippen LogP contribution in [0.15, 0.2) is 24.5 Å². The summed E-state index contributed by atoms with van der Waals surface area (Å²) in [4.78, 5) is 13.8. The molecule has 0 amide bonds. The smallest absolute Gasteiger partial charge is 0.137 e. The van der Waals surface area contributed by atoms with E-state index in [0.29, 0.717) is 0 Å². The molecule has 2 aromatic rings. The Morgan fingerprint density at radius 2 is 1.92 bits per heavy atom. The van der Waals surface area contributed by atoms with E-state index in [1.54, 1.807) is 13.4 Å². The van der Waals surface area contributed by atoms with Gasteiger partial charge in [-0.05, 0) is 31.6 Å². The first kappa shape index (κ1) is 16.9. The van der Waals surface area contributed by atoms with E-state index in [1.165, 1.54) is 32.7 Å². The van der Waals surface area contributed by atoms with Crippen LogP contribution in [0.3, 0.4) is 0 Å². The number of nitrogens with zero attached hydrogens (tertiary/aromatic N) is 4. The fraction of sp³-hybridized carbons (Fsp3) is 0.556. The molecule has 1 aromatic heterocycles. The molecule has 0 aliphatic carbocycles. The topological polar surface area (TPSA) is 53.5 Å². The zero-order valence-corrected chi connectivity index (χ0v) is 14.7. The summed E-state index contributed by atoms with van der Waals surface area (Å²) in [5, 5.41) is 4.49. The van der Waals surface area contributed by atoms with Crippen molar-refractivity contribution in [1.29, 1.82) is 0 Å². The Kier molecular flexibility index (Phi) is 5.82. The molecule has 1 aliphatic rings. The van der Waals surface area contributed by atoms with Gasteiger partial charge in [-0.3, -0.25) is 0 Å². The third kappa shape index (κ3) is 4.13. The molecule has 1 saturated heterocycles. The van der Waals surface area contributed by atoms with Gasteiger partial charge in [0.15, 0.2) is 0 Å². The maximum absolute atomic E-state index is 5.25. The number of aromatic nitrogens is 2. The Morgan fingerprint density at radius 3 is 2.67 bits per heavy atom. The number of rotatable bonds is 7. The Balaban J connectivity index is 1.49. The molecule has 1 N–H and O–H groups in total. The van der Waals surface area contributed by atoms with E-state index < -0.39 is 0 Å². The molecule has 1 aliphatic heterocycles. The molecule has 1 fully saturated rings. The number of hydrogen-bond donors (Lipinski definition) is 1. The van der Waals surface area contributed by atoms with Crippen molar-refractivity contribution in [2.24, 2.45) is 0 Å². The molecule has 130 valence electrons. The number of ether oxygens (including phenoxy) is 1. The highest BCUT2D eigenvalue weighted by Gasteiger charge is 2.14. The number of fused-ring (bicyclic) bond motifs is 1. The molecule has 6 heteroatoms. The second-order valence-electron chi connectivity index (χ2n) is 6.16. The molecule has 1 aromatic carbocycles. The lowest BCUT2D eigenvalue weighted by Gasteiger charge is -2.34. The number of hydrogen-bond acceptors (Lipinski definition) is 6. The lowest BCUT2D eigenvalue weighted by atomic mass is 10.2. The minimum atomic E-state index is 0.818. The highest BCUT2D eigenvalue weighted by atomic mass is 16.5. The number of nitrogens with one attached hydrogen (secondary N) is 1. The number of methoxy groups -OCH3 is 1. The number of piperazine rings is 1. The molecule has 0 radical (unpaired) electrons. The second-order valence-corrected chi connectivity index (χ2v) is 6.16. The predicted octanol–water partition coefficient (Wildman–Crippen LogP) is 2.08. The van der Waals surface area contributed by atoms with E-state index >= 15 is 0 Å². The van der Waals surface area contributed by atoms with Crippen molar-refractivity contribution >= 4 is 16.7 Å². The summed E-state index contributed by atoms with van der Waals surface area (Å²) in [5.41, 5.74) is 0.905. The summed E-state index contributed by atoms with van der Waals surface area (Å²) in [6.07, 6.45) is 2.72. The third-order valence-electron chi connectivity index (χ3n) is 4.70. The van der Waals surface area contributed by atoms with Crippen molar-refractivity contribution in [1.82, 2.24) is 19.8 Å². The SMILES string of the molecule is CCN1CCN(CCCNc2ncnc3cc(OC)ccc23)CC1. The standard InChI is InChI=1S/C18H27N5O/c1-3-22-9-11-23(12-10-22)8-4-7-19-18-16-6-5-15(24-2)13-17(16)20-14-21-18/h5-6,13-14H,3-4,7-12H2,1-2H3,(H,19,20,21). The van der Waals surface area contributed by atoms with Crippen molar-refractivity contribution in [3.8, 4) is 5.75 Å². The Bertz CT molecular complexity index is 655. The Hall–Kier alpha value is -1.92. The lowest BCUT2D eigenvalue weighted by molar-refractivity contribution is 0.137. The number of benzene rings is 1. The highest BCUT2D eigenvalue weighted by molar-refractivity contribution is 5.89. The number of anilines is 1. The summed E-state index contributed by atoms with van der Waals surface area (Å²) in [6.45, 7) is 10.2. The van der Waals surface area contributed by atoms with Gasteiger partial charge in [0.1, 0.15) is 17.9 Å². The molecule has 0 saturated carbocycles. The van der Waals surface area contributed by atoms with Gasteiger partial charge in [0.05, 0.1) is 12.6 Å². The fourth-order valence-electron chi connectivity index (χ4n) is 3.14. The van der Waals surface area contributed by atoms with Crippen molar-refractivity contribution < 1.29 is 4.74 Å². The average Bonchev–Trinajstić information content (AvgIpc) is 2.65. The molecule has 6 nitrogen and oxygen atoms in total. The van der Waals surface area contributed by atoms with E-state index in [2.05, 4.69) is 32.0 Å². The van der Waals surface area contributed by atoms with Crippen molar-refractivity contribution in [2.45, 2.75) is 13.3 Å². The van der Waals surface area contributed by atoms with Crippen LogP contribution in [0.2, 0.25) is 0 Å². The van der Waals surface area contributed by atoms with Gasteiger partial charge < -0.3 is 19.9 Å². The van der Waals surface area contributed by atoms with Crippen LogP contribution in [0.25, 0.3) is 10.9 Å². The van der Waals surface area contributed by atoms with Gasteiger partial charge in [-0.2, -0.15) is 0 Å². The molecule has 3 rings (SSSR count). The van der Waals surface area contributed by atoms with E-state index in [0.717, 1.165) is 42.0 Å². The van der Waals surface area contributed by atoms with Crippen LogP contribution >= 0.6 is 0 Å². The molecule has 24 heavy (non-hydrogen) atoms. The van der Waals surface area contributed by atoms with Crippen LogP contribution in [0.1, 0.15) is 13.3 Å². The summed E-state index contributed by atoms with van der Waals surface area (Å²) < 4.78 is 5.25. The number of likely N-dealkylation sites (N-methyl/N-ethyl adjacent to an activating group) is 1. The van der Waals surface area contributed by atoms with Crippen LogP contribution in [-0.4, -0.2) is 72.7 Å². The van der Waals surface area contributed by atoms with Crippen molar-refractivity contribution in [3.05, 3.63) is 24.5 Å². The Labute approximate surface area is 143 Å². The highest BCUT2D eigenvalue weighted by Crippen LogP contribution is 2.23. The quantitative estimate of drug-likeness (QED) is 0.785. The van der Waals surface area contributed by atoms with E-state index in [4.69, 9.17) is 4.74 Å². The second kappa shape index (κ2) is 8.26. The minimum absolute atomic E-state index is 0.818. The minimum Gasteiger partial charge on any atom is -0.497 e. The summed E-state index contributed by atoms with van der Waals surface area (Å²) >= 11 is 0. The fourth-order valence-corrected chi connectivity index (χ4v) is 3.14. The van der Waals surface area contributed by atoms with Gasteiger partial charge in [-0.15, -0.1) is 0 Å². The summed E-state index contributed by atoms with van der Waals surface area (Å²) in [7, 11) is 1.67. The third-order valence-corrected chi connectivity index (χ3v) is 4.70.